The van der Waals surface area contributed by atoms with E-state index in [0.29, 0.717) is 11.3 Å². The Labute approximate surface area is 115 Å². The third-order valence-corrected chi connectivity index (χ3v) is 2.45. The summed E-state index contributed by atoms with van der Waals surface area (Å²) in [7, 11) is 0. The highest BCUT2D eigenvalue weighted by Gasteiger charge is 2.12. The van der Waals surface area contributed by atoms with Crippen LogP contribution in [0, 0.1) is 17.7 Å². The molecule has 0 aliphatic rings. The van der Waals surface area contributed by atoms with Crippen molar-refractivity contribution in [2.45, 2.75) is 0 Å². The van der Waals surface area contributed by atoms with E-state index in [9.17, 15) is 9.18 Å². The van der Waals surface area contributed by atoms with Gasteiger partial charge in [-0.2, -0.15) is 0 Å². The van der Waals surface area contributed by atoms with E-state index in [2.05, 4.69) is 22.1 Å². The van der Waals surface area contributed by atoms with Crippen molar-refractivity contribution in [1.29, 1.82) is 0 Å². The topological polar surface area (TPSA) is 62.2 Å². The van der Waals surface area contributed by atoms with Gasteiger partial charge in [0.15, 0.2) is 0 Å². The molecule has 1 amide bonds. The van der Waals surface area contributed by atoms with Crippen molar-refractivity contribution >= 4 is 11.6 Å². The molecule has 0 aliphatic carbocycles. The number of carbonyl (C=O) groups excluding carboxylic acids is 1. The van der Waals surface area contributed by atoms with Gasteiger partial charge in [0.1, 0.15) is 12.4 Å². The van der Waals surface area contributed by atoms with Crippen molar-refractivity contribution in [3.63, 3.8) is 0 Å². The summed E-state index contributed by atoms with van der Waals surface area (Å²) in [6.45, 7) is -0.332. The zero-order valence-corrected chi connectivity index (χ0v) is 10.4. The fraction of sp³-hybridized carbons (Fsp3) is 0.0667. The number of nitrogens with zero attached hydrogens (tertiary/aromatic N) is 1. The average molecular weight is 270 g/mol. The number of rotatable bonds is 2. The summed E-state index contributed by atoms with van der Waals surface area (Å²) >= 11 is 0. The maximum absolute atomic E-state index is 13.3. The molecule has 2 aromatic rings. The number of benzene rings is 1. The van der Waals surface area contributed by atoms with Crippen LogP contribution in [0.4, 0.5) is 10.1 Å². The van der Waals surface area contributed by atoms with E-state index in [1.165, 1.54) is 18.3 Å². The van der Waals surface area contributed by atoms with Gasteiger partial charge in [0.25, 0.3) is 5.91 Å². The molecule has 2 N–H and O–H groups in total. The Kier molecular flexibility index (Phi) is 4.43. The Hall–Kier alpha value is -2.71. The number of hydrogen-bond donors (Lipinski definition) is 2. The fourth-order valence-electron chi connectivity index (χ4n) is 1.58. The zero-order chi connectivity index (χ0) is 14.4. The number of nitrogens with one attached hydrogen (secondary N) is 1. The third-order valence-electron chi connectivity index (χ3n) is 2.45. The van der Waals surface area contributed by atoms with Gasteiger partial charge >= 0.3 is 0 Å². The van der Waals surface area contributed by atoms with Gasteiger partial charge < -0.3 is 10.4 Å². The fourth-order valence-corrected chi connectivity index (χ4v) is 1.58. The van der Waals surface area contributed by atoms with E-state index in [-0.39, 0.29) is 12.2 Å². The summed E-state index contributed by atoms with van der Waals surface area (Å²) < 4.78 is 13.3. The van der Waals surface area contributed by atoms with Crippen molar-refractivity contribution in [3.05, 3.63) is 59.7 Å². The molecule has 0 saturated heterocycles. The molecule has 0 saturated carbocycles. The predicted octanol–water partition coefficient (Wildman–Crippen LogP) is 1.82. The number of amides is 1. The number of aliphatic hydroxyl groups excluding tert-OH is 1. The molecule has 5 heteroatoms. The number of pyridine rings is 1. The number of hydrogen-bond acceptors (Lipinski definition) is 3. The van der Waals surface area contributed by atoms with E-state index < -0.39 is 11.7 Å². The Morgan fingerprint density at radius 1 is 1.40 bits per heavy atom. The first-order valence-electron chi connectivity index (χ1n) is 5.81. The standard InChI is InChI=1S/C15H11FN2O2/c16-12-6-5-11(3-2-8-19)14(9-12)15(20)18-13-4-1-7-17-10-13/h1,4-7,9-10,19H,8H2,(H,18,20). The van der Waals surface area contributed by atoms with Crippen LogP contribution >= 0.6 is 0 Å². The summed E-state index contributed by atoms with van der Waals surface area (Å²) in [4.78, 5) is 16.0. The summed E-state index contributed by atoms with van der Waals surface area (Å²) in [6, 6.07) is 7.06. The number of halogens is 1. The highest BCUT2D eigenvalue weighted by atomic mass is 19.1. The van der Waals surface area contributed by atoms with Crippen LogP contribution in [0.25, 0.3) is 0 Å². The van der Waals surface area contributed by atoms with Gasteiger partial charge in [-0.3, -0.25) is 9.78 Å². The second kappa shape index (κ2) is 6.45. The molecule has 0 radical (unpaired) electrons. The second-order valence-corrected chi connectivity index (χ2v) is 3.85. The van der Waals surface area contributed by atoms with E-state index in [4.69, 9.17) is 5.11 Å². The molecule has 100 valence electrons. The largest absolute Gasteiger partial charge is 0.384 e. The van der Waals surface area contributed by atoms with Gasteiger partial charge in [-0.05, 0) is 30.3 Å². The summed E-state index contributed by atoms with van der Waals surface area (Å²) in [5.74, 6) is 4.03. The van der Waals surface area contributed by atoms with E-state index in [1.54, 1.807) is 18.3 Å². The molecule has 4 nitrogen and oxygen atoms in total. The van der Waals surface area contributed by atoms with Crippen LogP contribution in [-0.2, 0) is 0 Å². The minimum atomic E-state index is -0.532. The Morgan fingerprint density at radius 2 is 2.25 bits per heavy atom. The van der Waals surface area contributed by atoms with Crippen LogP contribution < -0.4 is 5.32 Å². The molecule has 0 bridgehead atoms. The number of aliphatic hydroxyl groups is 1. The van der Waals surface area contributed by atoms with Crippen molar-refractivity contribution in [1.82, 2.24) is 4.98 Å². The maximum Gasteiger partial charge on any atom is 0.257 e. The zero-order valence-electron chi connectivity index (χ0n) is 10.4. The van der Waals surface area contributed by atoms with Crippen molar-refractivity contribution in [2.75, 3.05) is 11.9 Å². The van der Waals surface area contributed by atoms with Gasteiger partial charge in [0.05, 0.1) is 17.4 Å². The van der Waals surface area contributed by atoms with Gasteiger partial charge in [0, 0.05) is 11.8 Å². The van der Waals surface area contributed by atoms with Gasteiger partial charge in [0.2, 0.25) is 0 Å². The number of carbonyl (C=O) groups is 1. The van der Waals surface area contributed by atoms with Gasteiger partial charge in [-0.25, -0.2) is 4.39 Å². The van der Waals surface area contributed by atoms with Crippen LogP contribution in [0.5, 0.6) is 0 Å². The minimum Gasteiger partial charge on any atom is -0.384 e. The molecule has 0 spiro atoms. The molecule has 1 heterocycles. The first kappa shape index (κ1) is 13.7. The van der Waals surface area contributed by atoms with Gasteiger partial charge in [-0.1, -0.05) is 11.8 Å². The lowest BCUT2D eigenvalue weighted by Crippen LogP contribution is -2.14. The van der Waals surface area contributed by atoms with Crippen LogP contribution in [-0.4, -0.2) is 22.6 Å². The SMILES string of the molecule is O=C(Nc1cccnc1)c1cc(F)ccc1C#CCO. The highest BCUT2D eigenvalue weighted by molar-refractivity contribution is 6.05. The van der Waals surface area contributed by atoms with E-state index in [0.717, 1.165) is 6.07 Å². The molecular weight excluding hydrogens is 259 g/mol. The molecule has 0 fully saturated rings. The average Bonchev–Trinajstić information content (AvgIpc) is 2.47. The predicted molar refractivity (Wildman–Crippen MR) is 72.6 cm³/mol. The van der Waals surface area contributed by atoms with E-state index in [1.807, 2.05) is 0 Å². The minimum absolute atomic E-state index is 0.106. The van der Waals surface area contributed by atoms with Crippen molar-refractivity contribution < 1.29 is 14.3 Å². The lowest BCUT2D eigenvalue weighted by atomic mass is 10.1. The van der Waals surface area contributed by atoms with Crippen molar-refractivity contribution in [3.8, 4) is 11.8 Å². The van der Waals surface area contributed by atoms with Crippen LogP contribution in [0.15, 0.2) is 42.7 Å². The maximum atomic E-state index is 13.3. The highest BCUT2D eigenvalue weighted by Crippen LogP contribution is 2.13. The molecule has 1 aromatic carbocycles. The molecule has 0 aliphatic heterocycles. The Balaban J connectivity index is 2.31. The Bertz CT molecular complexity index is 675. The lowest BCUT2D eigenvalue weighted by Gasteiger charge is -2.06. The van der Waals surface area contributed by atoms with E-state index >= 15 is 0 Å². The molecule has 0 atom stereocenters. The first-order chi connectivity index (χ1) is 9.70. The van der Waals surface area contributed by atoms with Gasteiger partial charge in [-0.15, -0.1) is 0 Å². The quantitative estimate of drug-likeness (QED) is 0.818. The molecule has 20 heavy (non-hydrogen) atoms. The third kappa shape index (κ3) is 3.40. The second-order valence-electron chi connectivity index (χ2n) is 3.85. The molecule has 2 rings (SSSR count). The smallest absolute Gasteiger partial charge is 0.257 e. The summed E-state index contributed by atoms with van der Waals surface area (Å²) in [6.07, 6.45) is 3.06. The number of anilines is 1. The monoisotopic (exact) mass is 270 g/mol. The lowest BCUT2D eigenvalue weighted by molar-refractivity contribution is 0.102. The van der Waals surface area contributed by atoms with Crippen LogP contribution in [0.2, 0.25) is 0 Å². The van der Waals surface area contributed by atoms with Crippen molar-refractivity contribution in [2.24, 2.45) is 0 Å². The first-order valence-corrected chi connectivity index (χ1v) is 5.81. The molecule has 1 aromatic heterocycles. The normalized spacial score (nSPS) is 9.50. The summed E-state index contributed by atoms with van der Waals surface area (Å²) in [5.41, 5.74) is 0.958. The number of aromatic nitrogens is 1. The van der Waals surface area contributed by atoms with Crippen LogP contribution in [0.1, 0.15) is 15.9 Å². The Morgan fingerprint density at radius 3 is 2.95 bits per heavy atom. The molecule has 0 unspecified atom stereocenters. The molecular formula is C15H11FN2O2. The van der Waals surface area contributed by atoms with Crippen LogP contribution in [0.3, 0.4) is 0 Å². The summed E-state index contributed by atoms with van der Waals surface area (Å²) in [5, 5.41) is 11.3.